The van der Waals surface area contributed by atoms with Gasteiger partial charge in [-0.1, -0.05) is 12.5 Å². The van der Waals surface area contributed by atoms with Crippen LogP contribution in [0.2, 0.25) is 0 Å². The fourth-order valence-corrected chi connectivity index (χ4v) is 3.53. The van der Waals surface area contributed by atoms with Crippen molar-refractivity contribution >= 4 is 39.2 Å². The minimum atomic E-state index is -0.295. The van der Waals surface area contributed by atoms with Crippen LogP contribution in [0.1, 0.15) is 30.1 Å². The number of amides is 2. The van der Waals surface area contributed by atoms with E-state index >= 15 is 0 Å². The van der Waals surface area contributed by atoms with E-state index in [0.29, 0.717) is 16.7 Å². The Hall–Kier alpha value is -2.41. The van der Waals surface area contributed by atoms with Gasteiger partial charge in [0.15, 0.2) is 5.13 Å². The van der Waals surface area contributed by atoms with Gasteiger partial charge in [-0.2, -0.15) is 0 Å². The summed E-state index contributed by atoms with van der Waals surface area (Å²) in [4.78, 5) is 24.9. The van der Waals surface area contributed by atoms with Gasteiger partial charge >= 0.3 is 6.03 Å². The summed E-state index contributed by atoms with van der Waals surface area (Å²) < 4.78 is 0. The first-order valence-electron chi connectivity index (χ1n) is 7.25. The SMILES string of the molecule is O=C(Nc1ncc(C2CCC2)s1)Nc1cccc2nc[nH]c12. The lowest BCUT2D eigenvalue weighted by atomic mass is 9.85. The predicted molar refractivity (Wildman–Crippen MR) is 87.4 cm³/mol. The van der Waals surface area contributed by atoms with Crippen molar-refractivity contribution in [1.29, 1.82) is 0 Å². The van der Waals surface area contributed by atoms with Crippen LogP contribution in [0.15, 0.2) is 30.7 Å². The zero-order valence-corrected chi connectivity index (χ0v) is 12.6. The molecule has 1 aliphatic rings. The predicted octanol–water partition coefficient (Wildman–Crippen LogP) is 3.93. The summed E-state index contributed by atoms with van der Waals surface area (Å²) in [7, 11) is 0. The molecule has 3 N–H and O–H groups in total. The molecule has 112 valence electrons. The van der Waals surface area contributed by atoms with Gasteiger partial charge in [-0.15, -0.1) is 11.3 Å². The molecule has 7 heteroatoms. The molecule has 3 aromatic rings. The number of aromatic nitrogens is 3. The molecule has 4 rings (SSSR count). The number of nitrogens with one attached hydrogen (secondary N) is 3. The molecular weight excluding hydrogens is 298 g/mol. The fraction of sp³-hybridized carbons (Fsp3) is 0.267. The van der Waals surface area contributed by atoms with E-state index < -0.39 is 0 Å². The number of hydrogen-bond acceptors (Lipinski definition) is 4. The highest BCUT2D eigenvalue weighted by atomic mass is 32.1. The maximum atomic E-state index is 12.1. The van der Waals surface area contributed by atoms with Gasteiger partial charge < -0.3 is 10.3 Å². The van der Waals surface area contributed by atoms with E-state index in [1.54, 1.807) is 17.7 Å². The Balaban J connectivity index is 1.46. The van der Waals surface area contributed by atoms with Crippen LogP contribution in [-0.4, -0.2) is 21.0 Å². The quantitative estimate of drug-likeness (QED) is 0.685. The molecule has 2 aromatic heterocycles. The minimum absolute atomic E-state index is 0.295. The van der Waals surface area contributed by atoms with Crippen LogP contribution in [0, 0.1) is 0 Å². The second-order valence-corrected chi connectivity index (χ2v) is 6.44. The molecule has 1 fully saturated rings. The summed E-state index contributed by atoms with van der Waals surface area (Å²) in [5.74, 6) is 0.634. The highest BCUT2D eigenvalue weighted by molar-refractivity contribution is 7.15. The lowest BCUT2D eigenvalue weighted by Gasteiger charge is -2.23. The number of hydrogen-bond donors (Lipinski definition) is 3. The number of aromatic amines is 1. The Bertz CT molecular complexity index is 820. The molecule has 2 heterocycles. The van der Waals surface area contributed by atoms with Gasteiger partial charge in [0.2, 0.25) is 0 Å². The van der Waals surface area contributed by atoms with Gasteiger partial charge in [0.05, 0.1) is 23.0 Å². The largest absolute Gasteiger partial charge is 0.343 e. The molecule has 0 unspecified atom stereocenters. The number of benzene rings is 1. The Morgan fingerprint density at radius 3 is 3.00 bits per heavy atom. The van der Waals surface area contributed by atoms with E-state index in [4.69, 9.17) is 0 Å². The van der Waals surface area contributed by atoms with Crippen LogP contribution in [0.5, 0.6) is 0 Å². The van der Waals surface area contributed by atoms with Gasteiger partial charge in [-0.3, -0.25) is 5.32 Å². The highest BCUT2D eigenvalue weighted by Gasteiger charge is 2.22. The number of H-pyrrole nitrogens is 1. The van der Waals surface area contributed by atoms with Crippen molar-refractivity contribution in [1.82, 2.24) is 15.0 Å². The number of rotatable bonds is 3. The number of thiazole rings is 1. The Kier molecular flexibility index (Phi) is 3.27. The van der Waals surface area contributed by atoms with Crippen LogP contribution in [0.25, 0.3) is 11.0 Å². The van der Waals surface area contributed by atoms with Crippen LogP contribution >= 0.6 is 11.3 Å². The van der Waals surface area contributed by atoms with Crippen LogP contribution < -0.4 is 10.6 Å². The summed E-state index contributed by atoms with van der Waals surface area (Å²) in [6.07, 6.45) is 7.24. The van der Waals surface area contributed by atoms with Crippen molar-refractivity contribution in [3.63, 3.8) is 0 Å². The molecule has 6 nitrogen and oxygen atoms in total. The fourth-order valence-electron chi connectivity index (χ4n) is 2.55. The van der Waals surface area contributed by atoms with Gasteiger partial charge in [0.25, 0.3) is 0 Å². The van der Waals surface area contributed by atoms with Gasteiger partial charge in [-0.05, 0) is 30.9 Å². The molecular formula is C15H15N5OS. The summed E-state index contributed by atoms with van der Waals surface area (Å²) in [5, 5.41) is 6.26. The Morgan fingerprint density at radius 1 is 1.27 bits per heavy atom. The lowest BCUT2D eigenvalue weighted by molar-refractivity contribution is 0.262. The van der Waals surface area contributed by atoms with Crippen molar-refractivity contribution < 1.29 is 4.79 Å². The lowest BCUT2D eigenvalue weighted by Crippen LogP contribution is -2.19. The normalized spacial score (nSPS) is 14.7. The van der Waals surface area contributed by atoms with Gasteiger partial charge in [-0.25, -0.2) is 14.8 Å². The van der Waals surface area contributed by atoms with Gasteiger partial charge in [0.1, 0.15) is 0 Å². The first-order chi connectivity index (χ1) is 10.8. The van der Waals surface area contributed by atoms with Crippen molar-refractivity contribution in [3.05, 3.63) is 35.6 Å². The highest BCUT2D eigenvalue weighted by Crippen LogP contribution is 2.39. The molecule has 0 saturated heterocycles. The number of fused-ring (bicyclic) bond motifs is 1. The molecule has 1 aromatic carbocycles. The summed E-state index contributed by atoms with van der Waals surface area (Å²) >= 11 is 1.56. The molecule has 2 amide bonds. The monoisotopic (exact) mass is 313 g/mol. The number of imidazole rings is 1. The van der Waals surface area contributed by atoms with Crippen LogP contribution in [0.3, 0.4) is 0 Å². The summed E-state index contributed by atoms with van der Waals surface area (Å²) in [6.45, 7) is 0. The van der Waals surface area contributed by atoms with Crippen molar-refractivity contribution in [2.75, 3.05) is 10.6 Å². The number of nitrogens with zero attached hydrogens (tertiary/aromatic N) is 2. The first kappa shape index (κ1) is 13.3. The molecule has 0 bridgehead atoms. The second kappa shape index (κ2) is 5.42. The number of carbonyl (C=O) groups excluding carboxylic acids is 1. The zero-order valence-electron chi connectivity index (χ0n) is 11.8. The smallest absolute Gasteiger partial charge is 0.325 e. The van der Waals surface area contributed by atoms with E-state index in [1.165, 1.54) is 24.1 Å². The van der Waals surface area contributed by atoms with E-state index in [9.17, 15) is 4.79 Å². The molecule has 1 saturated carbocycles. The topological polar surface area (TPSA) is 82.7 Å². The molecule has 1 aliphatic carbocycles. The maximum Gasteiger partial charge on any atom is 0.325 e. The average Bonchev–Trinajstić information content (AvgIpc) is 3.06. The third kappa shape index (κ3) is 2.43. The third-order valence-electron chi connectivity index (χ3n) is 3.95. The number of anilines is 2. The molecule has 22 heavy (non-hydrogen) atoms. The van der Waals surface area contributed by atoms with Crippen molar-refractivity contribution in [3.8, 4) is 0 Å². The number of para-hydroxylation sites is 1. The summed E-state index contributed by atoms with van der Waals surface area (Å²) in [6, 6.07) is 5.29. The Labute approximate surface area is 131 Å². The number of urea groups is 1. The van der Waals surface area contributed by atoms with E-state index in [0.717, 1.165) is 11.0 Å². The molecule has 0 aliphatic heterocycles. The first-order valence-corrected chi connectivity index (χ1v) is 8.07. The Morgan fingerprint density at radius 2 is 2.18 bits per heavy atom. The van der Waals surface area contributed by atoms with Crippen molar-refractivity contribution in [2.24, 2.45) is 0 Å². The van der Waals surface area contributed by atoms with Crippen LogP contribution in [0.4, 0.5) is 15.6 Å². The van der Waals surface area contributed by atoms with Crippen LogP contribution in [-0.2, 0) is 0 Å². The van der Waals surface area contributed by atoms with Gasteiger partial charge in [0, 0.05) is 11.1 Å². The van der Waals surface area contributed by atoms with Crippen molar-refractivity contribution in [2.45, 2.75) is 25.2 Å². The second-order valence-electron chi connectivity index (χ2n) is 5.38. The molecule has 0 radical (unpaired) electrons. The maximum absolute atomic E-state index is 12.1. The summed E-state index contributed by atoms with van der Waals surface area (Å²) in [5.41, 5.74) is 2.33. The third-order valence-corrected chi connectivity index (χ3v) is 5.03. The molecule has 0 atom stereocenters. The standard InChI is InChI=1S/C15H15N5OS/c21-14(19-11-6-2-5-10-13(11)18-8-17-10)20-15-16-7-12(22-15)9-3-1-4-9/h2,5-9H,1,3-4H2,(H,17,18)(H2,16,19,20,21). The molecule has 0 spiro atoms. The van der Waals surface area contributed by atoms with E-state index in [1.807, 2.05) is 24.4 Å². The minimum Gasteiger partial charge on any atom is -0.343 e. The average molecular weight is 313 g/mol. The zero-order chi connectivity index (χ0) is 14.9. The van der Waals surface area contributed by atoms with E-state index in [-0.39, 0.29) is 6.03 Å². The van der Waals surface area contributed by atoms with E-state index in [2.05, 4.69) is 25.6 Å². The number of carbonyl (C=O) groups is 1.